The highest BCUT2D eigenvalue weighted by molar-refractivity contribution is 5.91. The molecule has 0 aliphatic rings. The zero-order valence-corrected chi connectivity index (χ0v) is 20.8. The van der Waals surface area contributed by atoms with E-state index < -0.39 is 16.6 Å². The van der Waals surface area contributed by atoms with E-state index in [1.807, 2.05) is 13.8 Å². The first-order valence-corrected chi connectivity index (χ1v) is 10.5. The van der Waals surface area contributed by atoms with E-state index in [2.05, 4.69) is 83.1 Å². The van der Waals surface area contributed by atoms with E-state index in [1.54, 1.807) is 0 Å². The van der Waals surface area contributed by atoms with Gasteiger partial charge in [-0.05, 0) is 87.0 Å². The topological polar surface area (TPSA) is 35.5 Å². The number of carbonyl (C=O) groups is 1. The van der Waals surface area contributed by atoms with Gasteiger partial charge in [-0.2, -0.15) is 0 Å². The Hall–Kier alpha value is -0.410. The lowest BCUT2D eigenvalue weighted by atomic mass is 9.70. The van der Waals surface area contributed by atoms with Gasteiger partial charge in [0.25, 0.3) is 0 Å². The lowest BCUT2D eigenvalue weighted by Crippen LogP contribution is -2.52. The molecule has 0 bridgehead atoms. The Balaban J connectivity index is 5.54. The zero-order valence-electron chi connectivity index (χ0n) is 20.8. The van der Waals surface area contributed by atoms with Gasteiger partial charge in [0, 0.05) is 5.41 Å². The van der Waals surface area contributed by atoms with E-state index in [9.17, 15) is 4.79 Å². The quantitative estimate of drug-likeness (QED) is 0.431. The highest BCUT2D eigenvalue weighted by Crippen LogP contribution is 2.42. The van der Waals surface area contributed by atoms with Crippen LogP contribution in [0.15, 0.2) is 0 Å². The van der Waals surface area contributed by atoms with Crippen molar-refractivity contribution in [1.29, 1.82) is 0 Å². The fourth-order valence-corrected chi connectivity index (χ4v) is 4.95. The number of hydrogen-bond donors (Lipinski definition) is 0. The summed E-state index contributed by atoms with van der Waals surface area (Å²) in [7, 11) is 0. The average Bonchev–Trinajstić information content (AvgIpc) is 2.29. The fourth-order valence-electron chi connectivity index (χ4n) is 4.95. The summed E-state index contributed by atoms with van der Waals surface area (Å²) >= 11 is 0. The first kappa shape index (κ1) is 26.6. The van der Waals surface area contributed by atoms with Crippen LogP contribution in [0.1, 0.15) is 116 Å². The Morgan fingerprint density at radius 2 is 1.07 bits per heavy atom. The second kappa shape index (κ2) is 8.14. The first-order chi connectivity index (χ1) is 11.5. The Morgan fingerprint density at radius 3 is 1.41 bits per heavy atom. The van der Waals surface area contributed by atoms with Gasteiger partial charge in [0.1, 0.15) is 5.60 Å². The largest absolute Gasteiger partial charge is 0.370 e. The maximum absolute atomic E-state index is 13.6. The number of ketones is 1. The van der Waals surface area contributed by atoms with Crippen LogP contribution in [0.4, 0.5) is 0 Å². The van der Waals surface area contributed by atoms with Crippen molar-refractivity contribution in [3.63, 3.8) is 0 Å². The Labute approximate surface area is 170 Å². The van der Waals surface area contributed by atoms with Crippen molar-refractivity contribution in [2.75, 3.05) is 0 Å². The molecule has 0 radical (unpaired) electrons. The summed E-state index contributed by atoms with van der Waals surface area (Å²) in [5.41, 5.74) is -2.23. The van der Waals surface area contributed by atoms with Gasteiger partial charge in [0.05, 0.1) is 16.8 Å². The van der Waals surface area contributed by atoms with Crippen LogP contribution in [0.5, 0.6) is 0 Å². The molecule has 0 aromatic heterocycles. The lowest BCUT2D eigenvalue weighted by Gasteiger charge is -2.45. The average molecular weight is 385 g/mol. The molecule has 0 aromatic carbocycles. The highest BCUT2D eigenvalue weighted by atomic mass is 16.5. The second-order valence-corrected chi connectivity index (χ2v) is 12.5. The van der Waals surface area contributed by atoms with Crippen molar-refractivity contribution in [2.24, 2.45) is 10.8 Å². The van der Waals surface area contributed by atoms with Crippen LogP contribution in [0.25, 0.3) is 0 Å². The molecule has 0 spiro atoms. The summed E-state index contributed by atoms with van der Waals surface area (Å²) in [6.45, 7) is 29.1. The van der Waals surface area contributed by atoms with Gasteiger partial charge >= 0.3 is 0 Å². The van der Waals surface area contributed by atoms with Crippen molar-refractivity contribution < 1.29 is 14.3 Å². The van der Waals surface area contributed by atoms with Gasteiger partial charge in [-0.1, -0.05) is 34.6 Å². The number of hydrogen-bond acceptors (Lipinski definition) is 3. The summed E-state index contributed by atoms with van der Waals surface area (Å²) < 4.78 is 12.7. The molecule has 0 fully saturated rings. The van der Waals surface area contributed by atoms with Crippen LogP contribution in [-0.2, 0) is 14.3 Å². The minimum Gasteiger partial charge on any atom is -0.370 e. The molecule has 0 aliphatic heterocycles. The molecule has 0 aromatic rings. The van der Waals surface area contributed by atoms with E-state index in [0.29, 0.717) is 6.42 Å². The van der Waals surface area contributed by atoms with Gasteiger partial charge in [-0.15, -0.1) is 0 Å². The minimum absolute atomic E-state index is 0.138. The molecular weight excluding hydrogens is 336 g/mol. The SMILES string of the molecule is CCC(C)(CC(C)(C)OC(C)(C)C)C(=O)C(C)(C)OC(C)(C)CC(C)(C)C. The van der Waals surface area contributed by atoms with Crippen LogP contribution in [-0.4, -0.2) is 28.2 Å². The molecule has 0 saturated heterocycles. The third-order valence-corrected chi connectivity index (χ3v) is 4.76. The van der Waals surface area contributed by atoms with Crippen molar-refractivity contribution in [2.45, 2.75) is 139 Å². The molecule has 1 unspecified atom stereocenters. The van der Waals surface area contributed by atoms with Gasteiger partial charge < -0.3 is 9.47 Å². The fraction of sp³-hybridized carbons (Fsp3) is 0.958. The summed E-state index contributed by atoms with van der Waals surface area (Å²) in [5, 5.41) is 0. The van der Waals surface area contributed by atoms with Gasteiger partial charge in [-0.25, -0.2) is 0 Å². The van der Waals surface area contributed by atoms with Gasteiger partial charge in [0.15, 0.2) is 5.78 Å². The van der Waals surface area contributed by atoms with Gasteiger partial charge in [-0.3, -0.25) is 4.79 Å². The molecule has 0 amide bonds. The predicted molar refractivity (Wildman–Crippen MR) is 116 cm³/mol. The first-order valence-electron chi connectivity index (χ1n) is 10.5. The molecule has 3 heteroatoms. The lowest BCUT2D eigenvalue weighted by molar-refractivity contribution is -0.181. The number of ether oxygens (including phenoxy) is 2. The molecular formula is C24H48O3. The Morgan fingerprint density at radius 1 is 0.667 bits per heavy atom. The van der Waals surface area contributed by atoms with E-state index in [0.717, 1.165) is 12.8 Å². The van der Waals surface area contributed by atoms with Crippen molar-refractivity contribution in [1.82, 2.24) is 0 Å². The molecule has 0 N–H and O–H groups in total. The summed E-state index contributed by atoms with van der Waals surface area (Å²) in [5.74, 6) is 0.157. The smallest absolute Gasteiger partial charge is 0.170 e. The van der Waals surface area contributed by atoms with Crippen LogP contribution < -0.4 is 0 Å². The molecule has 3 nitrogen and oxygen atoms in total. The van der Waals surface area contributed by atoms with Crippen LogP contribution >= 0.6 is 0 Å². The number of rotatable bonds is 9. The highest BCUT2D eigenvalue weighted by Gasteiger charge is 2.47. The zero-order chi connectivity index (χ0) is 22.1. The molecule has 1 atom stereocenters. The van der Waals surface area contributed by atoms with Crippen LogP contribution in [0, 0.1) is 10.8 Å². The van der Waals surface area contributed by atoms with E-state index in [4.69, 9.17) is 9.47 Å². The molecule has 0 saturated carbocycles. The molecule has 0 rings (SSSR count). The van der Waals surface area contributed by atoms with Crippen LogP contribution in [0.3, 0.4) is 0 Å². The third kappa shape index (κ3) is 9.56. The second-order valence-electron chi connectivity index (χ2n) is 12.5. The molecule has 0 heterocycles. The Kier molecular flexibility index (Phi) is 8.02. The normalized spacial score (nSPS) is 17.0. The van der Waals surface area contributed by atoms with E-state index in [1.165, 1.54) is 0 Å². The van der Waals surface area contributed by atoms with Crippen molar-refractivity contribution in [3.05, 3.63) is 0 Å². The maximum atomic E-state index is 13.6. The number of Topliss-reactive ketones (excluding diaryl/α,β-unsaturated/α-hetero) is 1. The number of carbonyl (C=O) groups excluding carboxylic acids is 1. The summed E-state index contributed by atoms with van der Waals surface area (Å²) in [4.78, 5) is 13.6. The summed E-state index contributed by atoms with van der Waals surface area (Å²) in [6.07, 6.45) is 2.31. The molecule has 162 valence electrons. The molecule has 0 aliphatic carbocycles. The summed E-state index contributed by atoms with van der Waals surface area (Å²) in [6, 6.07) is 0. The predicted octanol–water partition coefficient (Wildman–Crippen LogP) is 6.97. The third-order valence-electron chi connectivity index (χ3n) is 4.76. The molecule has 27 heavy (non-hydrogen) atoms. The minimum atomic E-state index is -0.850. The maximum Gasteiger partial charge on any atom is 0.170 e. The van der Waals surface area contributed by atoms with Gasteiger partial charge in [0.2, 0.25) is 0 Å². The van der Waals surface area contributed by atoms with E-state index >= 15 is 0 Å². The van der Waals surface area contributed by atoms with Crippen LogP contribution in [0.2, 0.25) is 0 Å². The van der Waals surface area contributed by atoms with Crippen molar-refractivity contribution >= 4 is 5.78 Å². The van der Waals surface area contributed by atoms with Crippen molar-refractivity contribution in [3.8, 4) is 0 Å². The standard InChI is InChI=1S/C24H48O3/c1-15-24(14,17-22(10,11)26-20(5,6)7)18(25)23(12,13)27-21(8,9)16-19(2,3)4/h15-17H2,1-14H3. The monoisotopic (exact) mass is 384 g/mol. The Bertz CT molecular complexity index is 501. The van der Waals surface area contributed by atoms with E-state index in [-0.39, 0.29) is 22.4 Å².